The highest BCUT2D eigenvalue weighted by Crippen LogP contribution is 2.21. The van der Waals surface area contributed by atoms with Crippen LogP contribution in [0.1, 0.15) is 21.7 Å². The number of halogens is 1. The first-order valence-corrected chi connectivity index (χ1v) is 9.52. The summed E-state index contributed by atoms with van der Waals surface area (Å²) < 4.78 is 28.5. The summed E-state index contributed by atoms with van der Waals surface area (Å²) in [6.07, 6.45) is 4.16. The number of fused-ring (bicyclic) bond motifs is 1. The highest BCUT2D eigenvalue weighted by molar-refractivity contribution is 5.97. The van der Waals surface area contributed by atoms with Crippen LogP contribution in [0, 0.1) is 5.82 Å². The Kier molecular flexibility index (Phi) is 5.94. The molecule has 0 saturated heterocycles. The van der Waals surface area contributed by atoms with E-state index in [0.29, 0.717) is 16.7 Å². The van der Waals surface area contributed by atoms with Gasteiger partial charge in [0.1, 0.15) is 28.5 Å². The number of esters is 1. The second-order valence-corrected chi connectivity index (χ2v) is 6.72. The number of carbonyl (C=O) groups is 2. The standard InChI is InChI=1S/C24H16FNO6/c25-17-7-3-15(4-8-17)5-10-22(27)31-18-9-6-16-12-20(24(29)32-21(16)13-18)23(28)26-14-19-2-1-11-30-19/h1-13H,14H2,(H,26,28)/b10-5+. The van der Waals surface area contributed by atoms with Gasteiger partial charge >= 0.3 is 11.6 Å². The van der Waals surface area contributed by atoms with Crippen LogP contribution in [0.15, 0.2) is 86.6 Å². The number of amides is 1. The smallest absolute Gasteiger partial charge is 0.349 e. The summed E-state index contributed by atoms with van der Waals surface area (Å²) in [7, 11) is 0. The van der Waals surface area contributed by atoms with E-state index in [4.69, 9.17) is 13.6 Å². The highest BCUT2D eigenvalue weighted by atomic mass is 19.1. The number of furan rings is 1. The van der Waals surface area contributed by atoms with Crippen LogP contribution in [0.2, 0.25) is 0 Å². The molecule has 1 N–H and O–H groups in total. The minimum atomic E-state index is -0.825. The molecule has 0 aliphatic carbocycles. The van der Waals surface area contributed by atoms with Gasteiger partial charge in [0.05, 0.1) is 12.8 Å². The van der Waals surface area contributed by atoms with Crippen molar-refractivity contribution < 1.29 is 27.6 Å². The summed E-state index contributed by atoms with van der Waals surface area (Å²) in [6.45, 7) is 0.129. The molecule has 7 nitrogen and oxygen atoms in total. The fourth-order valence-electron chi connectivity index (χ4n) is 2.88. The van der Waals surface area contributed by atoms with Crippen molar-refractivity contribution in [1.29, 1.82) is 0 Å². The first-order chi connectivity index (χ1) is 15.5. The van der Waals surface area contributed by atoms with Gasteiger partial charge in [-0.3, -0.25) is 4.79 Å². The van der Waals surface area contributed by atoms with Gasteiger partial charge in [0.25, 0.3) is 5.91 Å². The van der Waals surface area contributed by atoms with E-state index in [-0.39, 0.29) is 29.3 Å². The van der Waals surface area contributed by atoms with Crippen molar-refractivity contribution in [2.75, 3.05) is 0 Å². The van der Waals surface area contributed by atoms with E-state index < -0.39 is 17.5 Å². The molecule has 0 radical (unpaired) electrons. The zero-order chi connectivity index (χ0) is 22.5. The van der Waals surface area contributed by atoms with Crippen LogP contribution in [0.3, 0.4) is 0 Å². The Morgan fingerprint density at radius 3 is 2.62 bits per heavy atom. The molecule has 2 aromatic heterocycles. The number of carbonyl (C=O) groups excluding carboxylic acids is 2. The van der Waals surface area contributed by atoms with Gasteiger partial charge in [-0.15, -0.1) is 0 Å². The average molecular weight is 433 g/mol. The second-order valence-electron chi connectivity index (χ2n) is 6.72. The third kappa shape index (κ3) is 4.99. The van der Waals surface area contributed by atoms with Gasteiger partial charge in [0.2, 0.25) is 0 Å². The molecule has 0 saturated carbocycles. The minimum Gasteiger partial charge on any atom is -0.467 e. The number of nitrogens with one attached hydrogen (secondary N) is 1. The van der Waals surface area contributed by atoms with E-state index in [1.54, 1.807) is 18.2 Å². The van der Waals surface area contributed by atoms with Crippen molar-refractivity contribution in [3.05, 3.63) is 106 Å². The molecule has 8 heteroatoms. The Morgan fingerprint density at radius 1 is 1.06 bits per heavy atom. The van der Waals surface area contributed by atoms with Crippen LogP contribution in [0.25, 0.3) is 17.0 Å². The van der Waals surface area contributed by atoms with E-state index in [9.17, 15) is 18.8 Å². The van der Waals surface area contributed by atoms with Gasteiger partial charge in [0.15, 0.2) is 0 Å². The van der Waals surface area contributed by atoms with E-state index in [1.165, 1.54) is 60.9 Å². The lowest BCUT2D eigenvalue weighted by molar-refractivity contribution is -0.128. The predicted molar refractivity (Wildman–Crippen MR) is 113 cm³/mol. The van der Waals surface area contributed by atoms with Crippen molar-refractivity contribution in [2.45, 2.75) is 6.54 Å². The summed E-state index contributed by atoms with van der Waals surface area (Å²) in [5.74, 6) is -0.933. The first kappa shape index (κ1) is 20.8. The van der Waals surface area contributed by atoms with Gasteiger partial charge in [-0.1, -0.05) is 12.1 Å². The van der Waals surface area contributed by atoms with Gasteiger partial charge < -0.3 is 18.9 Å². The SMILES string of the molecule is O=C(/C=C/c1ccc(F)cc1)Oc1ccc2cc(C(=O)NCc3ccco3)c(=O)oc2c1. The van der Waals surface area contributed by atoms with E-state index in [0.717, 1.165) is 0 Å². The monoisotopic (exact) mass is 433 g/mol. The number of benzene rings is 2. The average Bonchev–Trinajstić information content (AvgIpc) is 3.30. The molecule has 0 spiro atoms. The fourth-order valence-corrected chi connectivity index (χ4v) is 2.88. The van der Waals surface area contributed by atoms with Crippen molar-refractivity contribution in [3.8, 4) is 5.75 Å². The van der Waals surface area contributed by atoms with Crippen molar-refractivity contribution in [1.82, 2.24) is 5.32 Å². The van der Waals surface area contributed by atoms with Gasteiger partial charge in [-0.05, 0) is 54.1 Å². The third-order valence-corrected chi connectivity index (χ3v) is 4.46. The summed E-state index contributed by atoms with van der Waals surface area (Å²) in [5.41, 5.74) is -0.193. The summed E-state index contributed by atoms with van der Waals surface area (Å²) in [6, 6.07) is 14.8. The third-order valence-electron chi connectivity index (χ3n) is 4.46. The maximum absolute atomic E-state index is 12.9. The summed E-state index contributed by atoms with van der Waals surface area (Å²) in [4.78, 5) is 36.6. The Hall–Kier alpha value is -4.46. The molecule has 2 heterocycles. The molecule has 4 aromatic rings. The largest absolute Gasteiger partial charge is 0.467 e. The summed E-state index contributed by atoms with van der Waals surface area (Å²) in [5, 5.41) is 3.07. The quantitative estimate of drug-likeness (QED) is 0.213. The number of rotatable bonds is 6. The van der Waals surface area contributed by atoms with E-state index in [1.807, 2.05) is 0 Å². The van der Waals surface area contributed by atoms with Crippen LogP contribution < -0.4 is 15.7 Å². The maximum atomic E-state index is 12.9. The molecule has 160 valence electrons. The minimum absolute atomic E-state index is 0.129. The van der Waals surface area contributed by atoms with Crippen LogP contribution in [-0.4, -0.2) is 11.9 Å². The lowest BCUT2D eigenvalue weighted by atomic mass is 10.1. The van der Waals surface area contributed by atoms with Crippen LogP contribution >= 0.6 is 0 Å². The number of hydrogen-bond donors (Lipinski definition) is 1. The van der Waals surface area contributed by atoms with E-state index >= 15 is 0 Å². The molecule has 1 amide bonds. The zero-order valence-corrected chi connectivity index (χ0v) is 16.5. The molecule has 0 aliphatic heterocycles. The molecule has 0 atom stereocenters. The normalized spacial score (nSPS) is 11.0. The maximum Gasteiger partial charge on any atom is 0.349 e. The molecule has 0 bridgehead atoms. The number of hydrogen-bond acceptors (Lipinski definition) is 6. The fraction of sp³-hybridized carbons (Fsp3) is 0.0417. The van der Waals surface area contributed by atoms with Gasteiger partial charge in [-0.25, -0.2) is 14.0 Å². The van der Waals surface area contributed by atoms with Crippen molar-refractivity contribution in [2.24, 2.45) is 0 Å². The molecule has 0 aliphatic rings. The Morgan fingerprint density at radius 2 is 1.88 bits per heavy atom. The molecule has 2 aromatic carbocycles. The van der Waals surface area contributed by atoms with Crippen molar-refractivity contribution in [3.63, 3.8) is 0 Å². The van der Waals surface area contributed by atoms with Crippen molar-refractivity contribution >= 4 is 28.9 Å². The topological polar surface area (TPSA) is 98.8 Å². The lowest BCUT2D eigenvalue weighted by Crippen LogP contribution is -2.27. The molecule has 0 fully saturated rings. The molecular formula is C24H16FNO6. The summed E-state index contributed by atoms with van der Waals surface area (Å²) >= 11 is 0. The van der Waals surface area contributed by atoms with Crippen LogP contribution in [0.4, 0.5) is 4.39 Å². The first-order valence-electron chi connectivity index (χ1n) is 9.52. The van der Waals surface area contributed by atoms with Crippen LogP contribution in [-0.2, 0) is 11.3 Å². The Balaban J connectivity index is 1.46. The lowest BCUT2D eigenvalue weighted by Gasteiger charge is -2.05. The zero-order valence-electron chi connectivity index (χ0n) is 16.5. The Labute approximate surface area is 180 Å². The highest BCUT2D eigenvalue weighted by Gasteiger charge is 2.15. The molecule has 0 unspecified atom stereocenters. The molecular weight excluding hydrogens is 417 g/mol. The molecule has 32 heavy (non-hydrogen) atoms. The number of ether oxygens (including phenoxy) is 1. The predicted octanol–water partition coefficient (Wildman–Crippen LogP) is 4.07. The Bertz CT molecular complexity index is 1350. The van der Waals surface area contributed by atoms with Gasteiger partial charge in [0, 0.05) is 17.5 Å². The second kappa shape index (κ2) is 9.13. The molecule has 4 rings (SSSR count). The van der Waals surface area contributed by atoms with Crippen LogP contribution in [0.5, 0.6) is 5.75 Å². The van der Waals surface area contributed by atoms with E-state index in [2.05, 4.69) is 5.32 Å². The van der Waals surface area contributed by atoms with Gasteiger partial charge in [-0.2, -0.15) is 0 Å².